The zero-order chi connectivity index (χ0) is 44.1. The molecule has 0 spiro atoms. The fraction of sp³-hybridized carbons (Fsp3) is 0.830. The van der Waals surface area contributed by atoms with Gasteiger partial charge in [0.05, 0.1) is 6.61 Å². The van der Waals surface area contributed by atoms with Crippen LogP contribution >= 0.6 is 0 Å². The number of hydrogen-bond acceptors (Lipinski definition) is 11. The van der Waals surface area contributed by atoms with Crippen LogP contribution in [0.15, 0.2) is 36.5 Å². The standard InChI is InChI=1S/C47H84O12S/c1-3-5-7-9-11-13-15-17-19-20-22-24-26-28-30-32-34-36-43(49)58-40(38-57-47-46(52)45(51)44(50)41(59-47)39-60(53,54)55)37-56-42(48)35-33-31-29-27-25-23-21-18-16-14-12-10-8-6-4-2/h11,13,17,19,22,24,40-41,44-47,50-52H,3-10,12,14-16,18,20-21,23,25-39H2,1-2H3,(H,53,54,55)/b13-11+,19-17+,24-22+/t40-,41-,44-,45?,46?,47+/m1/s1. The molecule has 0 aromatic rings. The summed E-state index contributed by atoms with van der Waals surface area (Å²) in [5, 5.41) is 30.9. The van der Waals surface area contributed by atoms with E-state index in [2.05, 4.69) is 50.3 Å². The lowest BCUT2D eigenvalue weighted by atomic mass is 10.00. The van der Waals surface area contributed by atoms with Gasteiger partial charge in [-0.05, 0) is 51.4 Å². The highest BCUT2D eigenvalue weighted by Crippen LogP contribution is 2.24. The van der Waals surface area contributed by atoms with Crippen LogP contribution in [-0.4, -0.2) is 96.0 Å². The molecule has 13 heteroatoms. The van der Waals surface area contributed by atoms with Gasteiger partial charge in [0.2, 0.25) is 0 Å². The molecule has 0 amide bonds. The highest BCUT2D eigenvalue weighted by Gasteiger charge is 2.46. The molecular formula is C47H84O12S. The molecule has 6 atom stereocenters. The minimum absolute atomic E-state index is 0.140. The molecule has 1 rings (SSSR count). The van der Waals surface area contributed by atoms with Crippen molar-refractivity contribution >= 4 is 22.1 Å². The van der Waals surface area contributed by atoms with Crippen LogP contribution in [0.2, 0.25) is 0 Å². The first kappa shape index (κ1) is 55.9. The maximum absolute atomic E-state index is 12.8. The van der Waals surface area contributed by atoms with Crippen molar-refractivity contribution in [1.29, 1.82) is 0 Å². The van der Waals surface area contributed by atoms with Gasteiger partial charge in [-0.1, -0.05) is 166 Å². The van der Waals surface area contributed by atoms with Crippen LogP contribution in [0.1, 0.15) is 194 Å². The number of ether oxygens (including phenoxy) is 4. The number of carbonyl (C=O) groups is 2. The van der Waals surface area contributed by atoms with E-state index in [1.165, 1.54) is 89.9 Å². The van der Waals surface area contributed by atoms with Crippen LogP contribution in [0.25, 0.3) is 0 Å². The molecule has 60 heavy (non-hydrogen) atoms. The summed E-state index contributed by atoms with van der Waals surface area (Å²) in [7, 11) is -4.60. The fourth-order valence-corrected chi connectivity index (χ4v) is 7.73. The van der Waals surface area contributed by atoms with Gasteiger partial charge in [0, 0.05) is 12.8 Å². The zero-order valence-electron chi connectivity index (χ0n) is 37.3. The number of hydrogen-bond donors (Lipinski definition) is 4. The molecule has 0 saturated carbocycles. The average Bonchev–Trinajstić information content (AvgIpc) is 3.21. The lowest BCUT2D eigenvalue weighted by Gasteiger charge is -2.40. The minimum Gasteiger partial charge on any atom is -0.462 e. The van der Waals surface area contributed by atoms with E-state index in [9.17, 15) is 37.9 Å². The molecule has 1 aliphatic heterocycles. The fourth-order valence-electron chi connectivity index (χ4n) is 7.04. The molecule has 1 heterocycles. The van der Waals surface area contributed by atoms with Crippen molar-refractivity contribution in [3.8, 4) is 0 Å². The van der Waals surface area contributed by atoms with Gasteiger partial charge in [-0.25, -0.2) is 0 Å². The number of rotatable bonds is 39. The Kier molecular flexibility index (Phi) is 34.9. The molecule has 4 N–H and O–H groups in total. The van der Waals surface area contributed by atoms with Crippen molar-refractivity contribution in [3.05, 3.63) is 36.5 Å². The van der Waals surface area contributed by atoms with Crippen molar-refractivity contribution in [2.24, 2.45) is 0 Å². The van der Waals surface area contributed by atoms with Crippen LogP contribution in [0.4, 0.5) is 0 Å². The van der Waals surface area contributed by atoms with Gasteiger partial charge in [-0.15, -0.1) is 0 Å². The second-order valence-corrected chi connectivity index (χ2v) is 17.9. The van der Waals surface area contributed by atoms with Crippen molar-refractivity contribution in [2.75, 3.05) is 19.0 Å². The van der Waals surface area contributed by atoms with Crippen LogP contribution < -0.4 is 0 Å². The minimum atomic E-state index is -4.60. The number of aliphatic hydroxyl groups is 3. The van der Waals surface area contributed by atoms with Crippen LogP contribution in [0, 0.1) is 0 Å². The van der Waals surface area contributed by atoms with E-state index >= 15 is 0 Å². The summed E-state index contributed by atoms with van der Waals surface area (Å²) in [6.45, 7) is 3.72. The Labute approximate surface area is 363 Å². The highest BCUT2D eigenvalue weighted by atomic mass is 32.2. The first-order valence-electron chi connectivity index (χ1n) is 23.5. The monoisotopic (exact) mass is 873 g/mol. The Morgan fingerprint density at radius 3 is 1.52 bits per heavy atom. The van der Waals surface area contributed by atoms with Gasteiger partial charge >= 0.3 is 11.9 Å². The first-order chi connectivity index (χ1) is 29.0. The Morgan fingerprint density at radius 1 is 0.567 bits per heavy atom. The van der Waals surface area contributed by atoms with Crippen molar-refractivity contribution in [2.45, 2.75) is 230 Å². The molecule has 350 valence electrons. The van der Waals surface area contributed by atoms with Crippen LogP contribution in [0.3, 0.4) is 0 Å². The number of carbonyl (C=O) groups excluding carboxylic acids is 2. The van der Waals surface area contributed by atoms with Gasteiger partial charge in [0.25, 0.3) is 10.1 Å². The Morgan fingerprint density at radius 2 is 1.00 bits per heavy atom. The van der Waals surface area contributed by atoms with Gasteiger partial charge in [-0.2, -0.15) is 8.42 Å². The quantitative estimate of drug-likeness (QED) is 0.0199. The van der Waals surface area contributed by atoms with Gasteiger partial charge in [0.1, 0.15) is 36.8 Å². The topological polar surface area (TPSA) is 186 Å². The SMILES string of the molecule is CCCCC/C=C/C/C=C/C/C=C/CCCCCCC(=O)O[C@H](COC(=O)CCCCCCCCCCCCCCCCC)CO[C@H]1O[C@H](CS(=O)(=O)O)[C@@H](O)C(O)C1O. The van der Waals surface area contributed by atoms with Crippen LogP contribution in [0.5, 0.6) is 0 Å². The predicted molar refractivity (Wildman–Crippen MR) is 238 cm³/mol. The summed E-state index contributed by atoms with van der Waals surface area (Å²) in [5.41, 5.74) is 0. The summed E-state index contributed by atoms with van der Waals surface area (Å²) in [5.74, 6) is -2.01. The van der Waals surface area contributed by atoms with E-state index in [-0.39, 0.29) is 19.4 Å². The average molecular weight is 873 g/mol. The maximum Gasteiger partial charge on any atom is 0.306 e. The van der Waals surface area contributed by atoms with Gasteiger partial charge < -0.3 is 34.3 Å². The molecule has 1 aliphatic rings. The normalized spacial score (nSPS) is 20.4. The Balaban J connectivity index is 2.45. The number of esters is 2. The third-order valence-corrected chi connectivity index (χ3v) is 11.5. The Hall–Kier alpha value is -2.13. The van der Waals surface area contributed by atoms with Gasteiger partial charge in [-0.3, -0.25) is 14.1 Å². The van der Waals surface area contributed by atoms with Crippen LogP contribution in [-0.2, 0) is 38.7 Å². The molecule has 1 saturated heterocycles. The zero-order valence-corrected chi connectivity index (χ0v) is 38.1. The molecular weight excluding hydrogens is 789 g/mol. The summed E-state index contributed by atoms with van der Waals surface area (Å²) in [6, 6.07) is 0. The second kappa shape index (κ2) is 37.4. The maximum atomic E-state index is 12.8. The van der Waals surface area contributed by atoms with E-state index < -0.39 is 71.2 Å². The molecule has 0 bridgehead atoms. The molecule has 0 aliphatic carbocycles. The van der Waals surface area contributed by atoms with E-state index in [1.54, 1.807) is 0 Å². The molecule has 12 nitrogen and oxygen atoms in total. The largest absolute Gasteiger partial charge is 0.462 e. The number of aliphatic hydroxyl groups excluding tert-OH is 3. The smallest absolute Gasteiger partial charge is 0.306 e. The number of unbranched alkanes of at least 4 members (excludes halogenated alkanes) is 21. The second-order valence-electron chi connectivity index (χ2n) is 16.4. The molecule has 0 aromatic heterocycles. The summed E-state index contributed by atoms with van der Waals surface area (Å²) in [6.07, 6.45) is 33.2. The summed E-state index contributed by atoms with van der Waals surface area (Å²) >= 11 is 0. The molecule has 1 fully saturated rings. The predicted octanol–water partition coefficient (Wildman–Crippen LogP) is 9.78. The third-order valence-electron chi connectivity index (χ3n) is 10.7. The lowest BCUT2D eigenvalue weighted by molar-refractivity contribution is -0.297. The molecule has 0 radical (unpaired) electrons. The van der Waals surface area contributed by atoms with Crippen molar-refractivity contribution in [3.63, 3.8) is 0 Å². The highest BCUT2D eigenvalue weighted by molar-refractivity contribution is 7.85. The number of allylic oxidation sites excluding steroid dienone is 6. The third kappa shape index (κ3) is 31.7. The lowest BCUT2D eigenvalue weighted by Crippen LogP contribution is -2.60. The Bertz CT molecular complexity index is 1250. The van der Waals surface area contributed by atoms with Crippen molar-refractivity contribution in [1.82, 2.24) is 0 Å². The van der Waals surface area contributed by atoms with E-state index in [0.29, 0.717) is 12.8 Å². The molecule has 2 unspecified atom stereocenters. The van der Waals surface area contributed by atoms with E-state index in [0.717, 1.165) is 64.2 Å². The summed E-state index contributed by atoms with van der Waals surface area (Å²) in [4.78, 5) is 25.4. The van der Waals surface area contributed by atoms with Crippen molar-refractivity contribution < 1.29 is 56.8 Å². The van der Waals surface area contributed by atoms with E-state index in [4.69, 9.17) is 18.9 Å². The molecule has 0 aromatic carbocycles. The van der Waals surface area contributed by atoms with Gasteiger partial charge in [0.15, 0.2) is 12.4 Å². The summed E-state index contributed by atoms with van der Waals surface area (Å²) < 4.78 is 54.1. The van der Waals surface area contributed by atoms with E-state index in [1.807, 2.05) is 0 Å². The first-order valence-corrected chi connectivity index (χ1v) is 25.2.